The number of ether oxygens (including phenoxy) is 1. The van der Waals surface area contributed by atoms with Crippen LogP contribution in [-0.4, -0.2) is 54.0 Å². The Hall–Kier alpha value is -1.63. The zero-order chi connectivity index (χ0) is 16.5. The average molecular weight is 327 g/mol. The van der Waals surface area contributed by atoms with Crippen molar-refractivity contribution in [1.82, 2.24) is 14.8 Å². The molecule has 1 rings (SSSR count). The number of nitrogens with zero attached hydrogens (tertiary/aromatic N) is 3. The van der Waals surface area contributed by atoms with E-state index in [4.69, 9.17) is 4.74 Å². The van der Waals surface area contributed by atoms with Crippen molar-refractivity contribution < 1.29 is 14.3 Å². The maximum absolute atomic E-state index is 12.2. The van der Waals surface area contributed by atoms with Gasteiger partial charge in [0.15, 0.2) is 5.69 Å². The molecule has 0 N–H and O–H groups in total. The standard InChI is InChI=1S/C15H25N3O3S/c1-5-7-8-9-18(15(20)17(3)4)10-13-16-12(11-22-13)14(19)21-6-2/h11H,5-10H2,1-4H3. The number of carbonyl (C=O) groups excluding carboxylic acids is 2. The first-order valence-corrected chi connectivity index (χ1v) is 8.45. The molecule has 1 aromatic rings. The molecule has 1 heterocycles. The molecule has 0 unspecified atom stereocenters. The van der Waals surface area contributed by atoms with Crippen molar-refractivity contribution in [2.75, 3.05) is 27.2 Å². The molecule has 22 heavy (non-hydrogen) atoms. The van der Waals surface area contributed by atoms with Gasteiger partial charge in [0, 0.05) is 26.0 Å². The third-order valence-electron chi connectivity index (χ3n) is 3.05. The van der Waals surface area contributed by atoms with Gasteiger partial charge in [0.25, 0.3) is 0 Å². The van der Waals surface area contributed by atoms with Crippen molar-refractivity contribution in [3.05, 3.63) is 16.1 Å². The Morgan fingerprint density at radius 3 is 2.59 bits per heavy atom. The van der Waals surface area contributed by atoms with E-state index in [0.29, 0.717) is 25.4 Å². The SMILES string of the molecule is CCCCCN(Cc1nc(C(=O)OCC)cs1)C(=O)N(C)C. The van der Waals surface area contributed by atoms with Crippen LogP contribution in [0.2, 0.25) is 0 Å². The highest BCUT2D eigenvalue weighted by Gasteiger charge is 2.18. The molecular weight excluding hydrogens is 302 g/mol. The third-order valence-corrected chi connectivity index (χ3v) is 3.88. The lowest BCUT2D eigenvalue weighted by Crippen LogP contribution is -2.39. The first kappa shape index (κ1) is 18.4. The fraction of sp³-hybridized carbons (Fsp3) is 0.667. The number of esters is 1. The number of urea groups is 1. The second-order valence-corrected chi connectivity index (χ2v) is 6.10. The van der Waals surface area contributed by atoms with Crippen molar-refractivity contribution >= 4 is 23.3 Å². The number of hydrogen-bond acceptors (Lipinski definition) is 5. The molecule has 2 amide bonds. The second kappa shape index (κ2) is 9.40. The fourth-order valence-corrected chi connectivity index (χ4v) is 2.70. The highest BCUT2D eigenvalue weighted by molar-refractivity contribution is 7.09. The predicted molar refractivity (Wildman–Crippen MR) is 87.1 cm³/mol. The molecule has 0 saturated heterocycles. The van der Waals surface area contributed by atoms with Crippen molar-refractivity contribution in [3.8, 4) is 0 Å². The van der Waals surface area contributed by atoms with E-state index in [2.05, 4.69) is 11.9 Å². The molecule has 124 valence electrons. The quantitative estimate of drug-likeness (QED) is 0.544. The molecule has 0 spiro atoms. The van der Waals surface area contributed by atoms with E-state index in [0.717, 1.165) is 24.3 Å². The minimum atomic E-state index is -0.415. The molecule has 0 radical (unpaired) electrons. The van der Waals surface area contributed by atoms with E-state index in [1.807, 2.05) is 0 Å². The summed E-state index contributed by atoms with van der Waals surface area (Å²) in [6.07, 6.45) is 3.16. The molecule has 7 heteroatoms. The minimum Gasteiger partial charge on any atom is -0.461 e. The van der Waals surface area contributed by atoms with Crippen LogP contribution in [0.1, 0.15) is 48.6 Å². The molecule has 0 saturated carbocycles. The number of aromatic nitrogens is 1. The van der Waals surface area contributed by atoms with E-state index in [1.165, 1.54) is 11.3 Å². The van der Waals surface area contributed by atoms with E-state index in [1.54, 1.807) is 36.2 Å². The van der Waals surface area contributed by atoms with Crippen LogP contribution >= 0.6 is 11.3 Å². The Morgan fingerprint density at radius 2 is 2.00 bits per heavy atom. The van der Waals surface area contributed by atoms with E-state index in [-0.39, 0.29) is 6.03 Å². The first-order valence-electron chi connectivity index (χ1n) is 7.57. The molecule has 0 bridgehead atoms. The number of carbonyl (C=O) groups is 2. The normalized spacial score (nSPS) is 10.4. The zero-order valence-corrected chi connectivity index (χ0v) is 14.6. The number of unbranched alkanes of at least 4 members (excludes halogenated alkanes) is 2. The monoisotopic (exact) mass is 327 g/mol. The Balaban J connectivity index is 2.72. The molecule has 0 fully saturated rings. The summed E-state index contributed by atoms with van der Waals surface area (Å²) in [6, 6.07) is -0.0380. The number of amides is 2. The van der Waals surface area contributed by atoms with Gasteiger partial charge < -0.3 is 14.5 Å². The van der Waals surface area contributed by atoms with E-state index < -0.39 is 5.97 Å². The Morgan fingerprint density at radius 1 is 1.27 bits per heavy atom. The minimum absolute atomic E-state index is 0.0380. The third kappa shape index (κ3) is 5.63. The molecule has 0 aliphatic heterocycles. The summed E-state index contributed by atoms with van der Waals surface area (Å²) in [5.74, 6) is -0.415. The fourth-order valence-electron chi connectivity index (χ4n) is 1.92. The Bertz CT molecular complexity index is 488. The van der Waals surface area contributed by atoms with Crippen molar-refractivity contribution in [2.45, 2.75) is 39.7 Å². The summed E-state index contributed by atoms with van der Waals surface area (Å²) in [7, 11) is 3.47. The molecule has 6 nitrogen and oxygen atoms in total. The van der Waals surface area contributed by atoms with Crippen LogP contribution < -0.4 is 0 Å². The van der Waals surface area contributed by atoms with Crippen LogP contribution in [0.5, 0.6) is 0 Å². The van der Waals surface area contributed by atoms with Gasteiger partial charge in [-0.3, -0.25) is 0 Å². The van der Waals surface area contributed by atoms with Gasteiger partial charge in [-0.25, -0.2) is 14.6 Å². The molecule has 0 aliphatic carbocycles. The van der Waals surface area contributed by atoms with Gasteiger partial charge in [0.1, 0.15) is 5.01 Å². The largest absolute Gasteiger partial charge is 0.461 e. The summed E-state index contributed by atoms with van der Waals surface area (Å²) in [4.78, 5) is 31.5. The summed E-state index contributed by atoms with van der Waals surface area (Å²) in [6.45, 7) is 5.33. The lowest BCUT2D eigenvalue weighted by molar-refractivity contribution is 0.0520. The molecule has 0 atom stereocenters. The van der Waals surface area contributed by atoms with Crippen LogP contribution in [0.4, 0.5) is 4.79 Å². The number of thiazole rings is 1. The topological polar surface area (TPSA) is 62.7 Å². The Labute approximate surface area is 136 Å². The molecule has 1 aromatic heterocycles. The average Bonchev–Trinajstić information content (AvgIpc) is 2.94. The van der Waals surface area contributed by atoms with Crippen LogP contribution in [0.15, 0.2) is 5.38 Å². The lowest BCUT2D eigenvalue weighted by atomic mass is 10.2. The molecule has 0 aliphatic rings. The van der Waals surface area contributed by atoms with Crippen molar-refractivity contribution in [2.24, 2.45) is 0 Å². The second-order valence-electron chi connectivity index (χ2n) is 5.15. The maximum atomic E-state index is 12.2. The smallest absolute Gasteiger partial charge is 0.357 e. The van der Waals surface area contributed by atoms with Gasteiger partial charge in [-0.1, -0.05) is 19.8 Å². The lowest BCUT2D eigenvalue weighted by Gasteiger charge is -2.25. The van der Waals surface area contributed by atoms with Crippen LogP contribution in [-0.2, 0) is 11.3 Å². The summed E-state index contributed by atoms with van der Waals surface area (Å²) in [5.41, 5.74) is 0.313. The predicted octanol–water partition coefficient (Wildman–Crippen LogP) is 2.99. The summed E-state index contributed by atoms with van der Waals surface area (Å²) < 4.78 is 4.93. The number of rotatable bonds is 8. The summed E-state index contributed by atoms with van der Waals surface area (Å²) in [5, 5.41) is 2.42. The van der Waals surface area contributed by atoms with Crippen LogP contribution in [0.25, 0.3) is 0 Å². The molecular formula is C15H25N3O3S. The maximum Gasteiger partial charge on any atom is 0.357 e. The highest BCUT2D eigenvalue weighted by atomic mass is 32.1. The van der Waals surface area contributed by atoms with Crippen molar-refractivity contribution in [3.63, 3.8) is 0 Å². The van der Waals surface area contributed by atoms with E-state index in [9.17, 15) is 9.59 Å². The Kier molecular flexibility index (Phi) is 7.87. The van der Waals surface area contributed by atoms with Gasteiger partial charge in [-0.2, -0.15) is 0 Å². The van der Waals surface area contributed by atoms with Crippen molar-refractivity contribution in [1.29, 1.82) is 0 Å². The number of hydrogen-bond donors (Lipinski definition) is 0. The zero-order valence-electron chi connectivity index (χ0n) is 13.8. The van der Waals surface area contributed by atoms with Crippen LogP contribution in [0, 0.1) is 0 Å². The van der Waals surface area contributed by atoms with Gasteiger partial charge in [0.2, 0.25) is 0 Å². The molecule has 0 aromatic carbocycles. The first-order chi connectivity index (χ1) is 10.5. The van der Waals surface area contributed by atoms with Gasteiger partial charge in [0.05, 0.1) is 13.2 Å². The van der Waals surface area contributed by atoms with Gasteiger partial charge in [-0.05, 0) is 13.3 Å². The van der Waals surface area contributed by atoms with Crippen LogP contribution in [0.3, 0.4) is 0 Å². The van der Waals surface area contributed by atoms with E-state index >= 15 is 0 Å². The van der Waals surface area contributed by atoms with Gasteiger partial charge >= 0.3 is 12.0 Å². The summed E-state index contributed by atoms with van der Waals surface area (Å²) >= 11 is 1.38. The highest BCUT2D eigenvalue weighted by Crippen LogP contribution is 2.15. The van der Waals surface area contributed by atoms with Gasteiger partial charge in [-0.15, -0.1) is 11.3 Å².